The maximum absolute atomic E-state index is 13.7. The number of benzene rings is 3. The van der Waals surface area contributed by atoms with E-state index in [2.05, 4.69) is 10.6 Å². The molecule has 1 heterocycles. The number of nitrogens with zero attached hydrogens (tertiary/aromatic N) is 3. The maximum Gasteiger partial charge on any atom is 0.300 e. The molecule has 11 heteroatoms. The standard InChI is InChI=1S/C23H19N5O6/c1-2-14-6-5-7-15(10-14)24-22-17(11-16(27(31)32)12-20(22)28(33)34)23(30)26-13-21(29)25-18-8-3-4-9-19(18)26/h3-12,24H,2,13H2,1H3,(H,25,29). The Balaban J connectivity index is 1.90. The summed E-state index contributed by atoms with van der Waals surface area (Å²) in [6.07, 6.45) is 0.712. The molecular weight excluding hydrogens is 442 g/mol. The Hall–Kier alpha value is -4.80. The van der Waals surface area contributed by atoms with Crippen LogP contribution in [0.15, 0.2) is 60.7 Å². The Kier molecular flexibility index (Phi) is 5.92. The Bertz CT molecular complexity index is 1340. The molecular formula is C23H19N5O6. The van der Waals surface area contributed by atoms with Crippen molar-refractivity contribution in [1.82, 2.24) is 0 Å². The van der Waals surface area contributed by atoms with Crippen molar-refractivity contribution in [2.45, 2.75) is 13.3 Å². The summed E-state index contributed by atoms with van der Waals surface area (Å²) in [5, 5.41) is 28.9. The molecule has 0 spiro atoms. The van der Waals surface area contributed by atoms with Crippen LogP contribution in [-0.2, 0) is 11.2 Å². The third-order valence-corrected chi connectivity index (χ3v) is 5.36. The second-order valence-electron chi connectivity index (χ2n) is 7.54. The summed E-state index contributed by atoms with van der Waals surface area (Å²) >= 11 is 0. The minimum absolute atomic E-state index is 0.197. The van der Waals surface area contributed by atoms with Gasteiger partial charge in [-0.3, -0.25) is 34.7 Å². The molecule has 3 aromatic carbocycles. The van der Waals surface area contributed by atoms with Crippen LogP contribution in [0.2, 0.25) is 0 Å². The van der Waals surface area contributed by atoms with E-state index in [1.165, 1.54) is 0 Å². The lowest BCUT2D eigenvalue weighted by atomic mass is 10.1. The largest absolute Gasteiger partial charge is 0.349 e. The first-order valence-electron chi connectivity index (χ1n) is 10.3. The van der Waals surface area contributed by atoms with Gasteiger partial charge in [-0.25, -0.2) is 0 Å². The lowest BCUT2D eigenvalue weighted by Gasteiger charge is -2.29. The van der Waals surface area contributed by atoms with Crippen molar-refractivity contribution in [2.24, 2.45) is 0 Å². The average Bonchev–Trinajstić information content (AvgIpc) is 2.82. The summed E-state index contributed by atoms with van der Waals surface area (Å²) < 4.78 is 0. The molecule has 1 aliphatic heterocycles. The number of nitro benzene ring substituents is 2. The van der Waals surface area contributed by atoms with Gasteiger partial charge in [0.05, 0.1) is 32.9 Å². The van der Waals surface area contributed by atoms with Gasteiger partial charge in [-0.1, -0.05) is 31.2 Å². The van der Waals surface area contributed by atoms with Crippen molar-refractivity contribution in [1.29, 1.82) is 0 Å². The van der Waals surface area contributed by atoms with Gasteiger partial charge in [0.15, 0.2) is 0 Å². The van der Waals surface area contributed by atoms with E-state index < -0.39 is 33.0 Å². The highest BCUT2D eigenvalue weighted by atomic mass is 16.6. The van der Waals surface area contributed by atoms with Crippen LogP contribution >= 0.6 is 0 Å². The van der Waals surface area contributed by atoms with Crippen molar-refractivity contribution in [3.63, 3.8) is 0 Å². The van der Waals surface area contributed by atoms with Crippen LogP contribution in [-0.4, -0.2) is 28.2 Å². The van der Waals surface area contributed by atoms with E-state index in [1.54, 1.807) is 42.5 Å². The maximum atomic E-state index is 13.7. The number of hydrogen-bond acceptors (Lipinski definition) is 7. The van der Waals surface area contributed by atoms with Gasteiger partial charge >= 0.3 is 0 Å². The van der Waals surface area contributed by atoms with E-state index in [9.17, 15) is 29.8 Å². The van der Waals surface area contributed by atoms with Crippen LogP contribution in [0.1, 0.15) is 22.8 Å². The molecule has 2 N–H and O–H groups in total. The minimum Gasteiger partial charge on any atom is -0.349 e. The lowest BCUT2D eigenvalue weighted by molar-refractivity contribution is -0.393. The van der Waals surface area contributed by atoms with Gasteiger partial charge in [0.2, 0.25) is 5.91 Å². The number of nitro groups is 2. The number of non-ortho nitro benzene ring substituents is 1. The number of carbonyl (C=O) groups is 2. The second-order valence-corrected chi connectivity index (χ2v) is 7.54. The molecule has 172 valence electrons. The smallest absolute Gasteiger partial charge is 0.300 e. The molecule has 0 radical (unpaired) electrons. The van der Waals surface area contributed by atoms with E-state index in [4.69, 9.17) is 0 Å². The summed E-state index contributed by atoms with van der Waals surface area (Å²) in [7, 11) is 0. The Morgan fingerprint density at radius 1 is 1.06 bits per heavy atom. The zero-order valence-electron chi connectivity index (χ0n) is 18.0. The van der Waals surface area contributed by atoms with Gasteiger partial charge in [-0.15, -0.1) is 0 Å². The Morgan fingerprint density at radius 2 is 1.82 bits per heavy atom. The molecule has 0 bridgehead atoms. The van der Waals surface area contributed by atoms with Crippen LogP contribution in [0, 0.1) is 20.2 Å². The van der Waals surface area contributed by atoms with E-state index in [-0.39, 0.29) is 17.8 Å². The minimum atomic E-state index is -0.803. The first-order valence-corrected chi connectivity index (χ1v) is 10.3. The second kappa shape index (κ2) is 8.98. The van der Waals surface area contributed by atoms with Crippen LogP contribution in [0.5, 0.6) is 0 Å². The van der Waals surface area contributed by atoms with E-state index in [1.807, 2.05) is 13.0 Å². The summed E-state index contributed by atoms with van der Waals surface area (Å²) in [5.74, 6) is -1.25. The lowest BCUT2D eigenvalue weighted by Crippen LogP contribution is -2.42. The van der Waals surface area contributed by atoms with Gasteiger partial charge in [-0.2, -0.15) is 0 Å². The topological polar surface area (TPSA) is 148 Å². The molecule has 0 atom stereocenters. The van der Waals surface area contributed by atoms with E-state index in [0.29, 0.717) is 23.5 Å². The third kappa shape index (κ3) is 4.26. The van der Waals surface area contributed by atoms with Crippen LogP contribution < -0.4 is 15.5 Å². The fourth-order valence-electron chi connectivity index (χ4n) is 3.73. The summed E-state index contributed by atoms with van der Waals surface area (Å²) in [6.45, 7) is 1.60. The van der Waals surface area contributed by atoms with Crippen molar-refractivity contribution < 1.29 is 19.4 Å². The molecule has 1 aliphatic rings. The first kappa shape index (κ1) is 22.4. The molecule has 0 saturated carbocycles. The predicted octanol–water partition coefficient (Wildman–Crippen LogP) is 4.41. The van der Waals surface area contributed by atoms with Gasteiger partial charge in [0.25, 0.3) is 17.3 Å². The molecule has 11 nitrogen and oxygen atoms in total. The highest BCUT2D eigenvalue weighted by molar-refractivity contribution is 6.18. The normalized spacial score (nSPS) is 12.5. The quantitative estimate of drug-likeness (QED) is 0.408. The van der Waals surface area contributed by atoms with Crippen molar-refractivity contribution in [2.75, 3.05) is 22.1 Å². The fourth-order valence-corrected chi connectivity index (χ4v) is 3.73. The predicted molar refractivity (Wildman–Crippen MR) is 126 cm³/mol. The number of aryl methyl sites for hydroxylation is 1. The SMILES string of the molecule is CCc1cccc(Nc2c(C(=O)N3CC(=O)Nc4ccccc43)cc([N+](=O)[O-])cc2[N+](=O)[O-])c1. The molecule has 0 unspecified atom stereocenters. The average molecular weight is 461 g/mol. The van der Waals surface area contributed by atoms with Gasteiger partial charge < -0.3 is 10.6 Å². The highest BCUT2D eigenvalue weighted by Crippen LogP contribution is 2.38. The van der Waals surface area contributed by atoms with Crippen LogP contribution in [0.25, 0.3) is 0 Å². The number of carbonyl (C=O) groups excluding carboxylic acids is 2. The monoisotopic (exact) mass is 461 g/mol. The Labute approximate surface area is 193 Å². The summed E-state index contributed by atoms with van der Waals surface area (Å²) in [6, 6.07) is 15.4. The first-order chi connectivity index (χ1) is 16.3. The Morgan fingerprint density at radius 3 is 2.53 bits per heavy atom. The molecule has 3 aromatic rings. The molecule has 0 fully saturated rings. The van der Waals surface area contributed by atoms with Crippen LogP contribution in [0.4, 0.5) is 34.1 Å². The fraction of sp³-hybridized carbons (Fsp3) is 0.130. The molecule has 0 aliphatic carbocycles. The zero-order chi connectivity index (χ0) is 24.4. The third-order valence-electron chi connectivity index (χ3n) is 5.36. The van der Waals surface area contributed by atoms with Crippen LogP contribution in [0.3, 0.4) is 0 Å². The molecule has 34 heavy (non-hydrogen) atoms. The molecule has 2 amide bonds. The van der Waals surface area contributed by atoms with Crippen molar-refractivity contribution in [3.8, 4) is 0 Å². The summed E-state index contributed by atoms with van der Waals surface area (Å²) in [5.41, 5.74) is 0.444. The van der Waals surface area contributed by atoms with Crippen molar-refractivity contribution >= 4 is 45.9 Å². The zero-order valence-corrected chi connectivity index (χ0v) is 18.0. The number of hydrogen-bond donors (Lipinski definition) is 2. The summed E-state index contributed by atoms with van der Waals surface area (Å²) in [4.78, 5) is 48.8. The molecule has 0 aromatic heterocycles. The number of fused-ring (bicyclic) bond motifs is 1. The molecule has 0 saturated heterocycles. The van der Waals surface area contributed by atoms with Gasteiger partial charge in [0, 0.05) is 11.8 Å². The number of para-hydroxylation sites is 2. The number of anilines is 4. The number of rotatable bonds is 6. The number of nitrogens with one attached hydrogen (secondary N) is 2. The highest BCUT2D eigenvalue weighted by Gasteiger charge is 2.33. The van der Waals surface area contributed by atoms with E-state index >= 15 is 0 Å². The van der Waals surface area contributed by atoms with Crippen molar-refractivity contribution in [3.05, 3.63) is 92.0 Å². The number of amides is 2. The van der Waals surface area contributed by atoms with E-state index in [0.717, 1.165) is 22.6 Å². The van der Waals surface area contributed by atoms with Gasteiger partial charge in [-0.05, 0) is 36.2 Å². The van der Waals surface area contributed by atoms with Gasteiger partial charge in [0.1, 0.15) is 12.2 Å². The molecule has 4 rings (SSSR count).